The third kappa shape index (κ3) is 1.85. The summed E-state index contributed by atoms with van der Waals surface area (Å²) in [6, 6.07) is 8.12. The smallest absolute Gasteiger partial charge is 0.141 e. The van der Waals surface area contributed by atoms with Crippen LogP contribution in [0.15, 0.2) is 48.1 Å². The number of halogens is 1. The second-order valence-electron chi connectivity index (χ2n) is 3.44. The number of nitrogens with zero attached hydrogens (tertiary/aromatic N) is 3. The Morgan fingerprint density at radius 1 is 1.06 bits per heavy atom. The summed E-state index contributed by atoms with van der Waals surface area (Å²) >= 11 is 1.55. The Labute approximate surface area is 101 Å². The number of aromatic nitrogens is 3. The van der Waals surface area contributed by atoms with Gasteiger partial charge in [-0.05, 0) is 30.3 Å². The Bertz CT molecular complexity index is 614. The van der Waals surface area contributed by atoms with Gasteiger partial charge in [0.15, 0.2) is 0 Å². The van der Waals surface area contributed by atoms with E-state index >= 15 is 0 Å². The van der Waals surface area contributed by atoms with Crippen molar-refractivity contribution in [3.63, 3.8) is 0 Å². The molecule has 0 radical (unpaired) electrons. The van der Waals surface area contributed by atoms with E-state index in [1.54, 1.807) is 40.5 Å². The van der Waals surface area contributed by atoms with Gasteiger partial charge in [0.25, 0.3) is 0 Å². The molecule has 1 aromatic carbocycles. The summed E-state index contributed by atoms with van der Waals surface area (Å²) in [4.78, 5) is 4.25. The second kappa shape index (κ2) is 4.10. The second-order valence-corrected chi connectivity index (χ2v) is 4.34. The van der Waals surface area contributed by atoms with Crippen molar-refractivity contribution in [3.05, 3.63) is 53.9 Å². The molecule has 0 bridgehead atoms. The van der Waals surface area contributed by atoms with E-state index in [2.05, 4.69) is 10.1 Å². The van der Waals surface area contributed by atoms with Crippen LogP contribution in [0, 0.1) is 5.82 Å². The lowest BCUT2D eigenvalue weighted by atomic mass is 10.3. The molecule has 0 aliphatic rings. The van der Waals surface area contributed by atoms with Crippen LogP contribution in [0.4, 0.5) is 4.39 Å². The predicted molar refractivity (Wildman–Crippen MR) is 64.6 cm³/mol. The summed E-state index contributed by atoms with van der Waals surface area (Å²) in [7, 11) is 0. The van der Waals surface area contributed by atoms with Crippen molar-refractivity contribution in [2.75, 3.05) is 0 Å². The number of benzene rings is 1. The van der Waals surface area contributed by atoms with E-state index in [1.165, 1.54) is 12.1 Å². The van der Waals surface area contributed by atoms with Gasteiger partial charge >= 0.3 is 0 Å². The summed E-state index contributed by atoms with van der Waals surface area (Å²) in [5.41, 5.74) is 1.73. The lowest BCUT2D eigenvalue weighted by molar-refractivity contribution is 0.627. The van der Waals surface area contributed by atoms with E-state index in [4.69, 9.17) is 0 Å². The highest BCUT2D eigenvalue weighted by molar-refractivity contribution is 7.13. The molecule has 0 aliphatic carbocycles. The maximum atomic E-state index is 12.9. The van der Waals surface area contributed by atoms with Crippen LogP contribution in [0.1, 0.15) is 0 Å². The first-order valence-electron chi connectivity index (χ1n) is 5.04. The molecule has 3 rings (SSSR count). The van der Waals surface area contributed by atoms with Crippen LogP contribution in [0.5, 0.6) is 0 Å². The summed E-state index contributed by atoms with van der Waals surface area (Å²) in [5.74, 6) is -0.253. The minimum absolute atomic E-state index is 0.253. The molecule has 0 saturated heterocycles. The highest BCUT2D eigenvalue weighted by Crippen LogP contribution is 2.23. The molecule has 0 unspecified atom stereocenters. The van der Waals surface area contributed by atoms with Crippen LogP contribution in [0.2, 0.25) is 0 Å². The van der Waals surface area contributed by atoms with Gasteiger partial charge < -0.3 is 0 Å². The first-order chi connectivity index (χ1) is 8.34. The molecular formula is C12H8FN3S. The van der Waals surface area contributed by atoms with Gasteiger partial charge in [0.05, 0.1) is 11.9 Å². The quantitative estimate of drug-likeness (QED) is 0.694. The number of thiazole rings is 1. The van der Waals surface area contributed by atoms with Gasteiger partial charge in [0, 0.05) is 11.6 Å². The van der Waals surface area contributed by atoms with Crippen molar-refractivity contribution in [2.24, 2.45) is 0 Å². The molecule has 3 nitrogen and oxygen atoms in total. The van der Waals surface area contributed by atoms with Crippen LogP contribution < -0.4 is 0 Å². The highest BCUT2D eigenvalue weighted by Gasteiger charge is 2.09. The highest BCUT2D eigenvalue weighted by atomic mass is 32.1. The third-order valence-corrected chi connectivity index (χ3v) is 3.16. The molecular weight excluding hydrogens is 237 g/mol. The minimum Gasteiger partial charge on any atom is -0.243 e. The minimum atomic E-state index is -0.253. The number of hydrogen-bond donors (Lipinski definition) is 0. The van der Waals surface area contributed by atoms with Crippen molar-refractivity contribution in [1.82, 2.24) is 14.8 Å². The van der Waals surface area contributed by atoms with Gasteiger partial charge in [-0.2, -0.15) is 5.10 Å². The van der Waals surface area contributed by atoms with E-state index in [1.807, 2.05) is 11.4 Å². The molecule has 0 aliphatic heterocycles. The van der Waals surface area contributed by atoms with Crippen LogP contribution in [0.3, 0.4) is 0 Å². The fourth-order valence-corrected chi connectivity index (χ4v) is 2.25. The molecule has 5 heteroatoms. The zero-order chi connectivity index (χ0) is 11.7. The Hall–Kier alpha value is -2.01. The van der Waals surface area contributed by atoms with Gasteiger partial charge in [0.2, 0.25) is 0 Å². The van der Waals surface area contributed by atoms with E-state index < -0.39 is 0 Å². The standard InChI is InChI=1S/C12H8FN3S/c13-9-1-3-10(4-2-9)16-11(5-6-15-16)12-14-7-8-17-12/h1-8H. The molecule has 0 spiro atoms. The maximum Gasteiger partial charge on any atom is 0.141 e. The Balaban J connectivity index is 2.10. The average molecular weight is 245 g/mol. The lowest BCUT2D eigenvalue weighted by Gasteiger charge is -2.04. The average Bonchev–Trinajstić information content (AvgIpc) is 3.00. The summed E-state index contributed by atoms with van der Waals surface area (Å²) < 4.78 is 14.6. The van der Waals surface area contributed by atoms with Crippen LogP contribution >= 0.6 is 11.3 Å². The monoisotopic (exact) mass is 245 g/mol. The molecule has 3 aromatic rings. The first kappa shape index (κ1) is 10.2. The van der Waals surface area contributed by atoms with E-state index in [0.717, 1.165) is 16.4 Å². The molecule has 84 valence electrons. The van der Waals surface area contributed by atoms with E-state index in [0.29, 0.717) is 0 Å². The van der Waals surface area contributed by atoms with Gasteiger partial charge in [-0.1, -0.05) is 0 Å². The largest absolute Gasteiger partial charge is 0.243 e. The van der Waals surface area contributed by atoms with Crippen molar-refractivity contribution in [1.29, 1.82) is 0 Å². The molecule has 0 fully saturated rings. The number of hydrogen-bond acceptors (Lipinski definition) is 3. The van der Waals surface area contributed by atoms with Gasteiger partial charge in [-0.25, -0.2) is 14.1 Å². The fraction of sp³-hybridized carbons (Fsp3) is 0. The molecule has 0 saturated carbocycles. The maximum absolute atomic E-state index is 12.9. The summed E-state index contributed by atoms with van der Waals surface area (Å²) in [6.07, 6.45) is 3.46. The Morgan fingerprint density at radius 3 is 2.59 bits per heavy atom. The van der Waals surface area contributed by atoms with Crippen molar-refractivity contribution in [3.8, 4) is 16.4 Å². The molecule has 0 atom stereocenters. The van der Waals surface area contributed by atoms with Crippen LogP contribution in [-0.4, -0.2) is 14.8 Å². The molecule has 17 heavy (non-hydrogen) atoms. The molecule has 0 N–H and O–H groups in total. The molecule has 0 amide bonds. The molecule has 2 aromatic heterocycles. The zero-order valence-electron chi connectivity index (χ0n) is 8.75. The lowest BCUT2D eigenvalue weighted by Crippen LogP contribution is -1.98. The van der Waals surface area contributed by atoms with Crippen molar-refractivity contribution in [2.45, 2.75) is 0 Å². The van der Waals surface area contributed by atoms with Gasteiger partial charge in [-0.15, -0.1) is 11.3 Å². The summed E-state index contributed by atoms with van der Waals surface area (Å²) in [6.45, 7) is 0. The van der Waals surface area contributed by atoms with Crippen LogP contribution in [0.25, 0.3) is 16.4 Å². The SMILES string of the molecule is Fc1ccc(-n2nccc2-c2nccs2)cc1. The molecule has 2 heterocycles. The van der Waals surface area contributed by atoms with Gasteiger partial charge in [-0.3, -0.25) is 0 Å². The fourth-order valence-electron chi connectivity index (χ4n) is 1.60. The van der Waals surface area contributed by atoms with Crippen molar-refractivity contribution < 1.29 is 4.39 Å². The third-order valence-electron chi connectivity index (χ3n) is 2.37. The topological polar surface area (TPSA) is 30.7 Å². The zero-order valence-corrected chi connectivity index (χ0v) is 9.56. The van der Waals surface area contributed by atoms with Gasteiger partial charge in [0.1, 0.15) is 16.5 Å². The van der Waals surface area contributed by atoms with E-state index in [-0.39, 0.29) is 5.82 Å². The van der Waals surface area contributed by atoms with Crippen molar-refractivity contribution >= 4 is 11.3 Å². The normalized spacial score (nSPS) is 10.6. The number of rotatable bonds is 2. The predicted octanol–water partition coefficient (Wildman–Crippen LogP) is 3.13. The summed E-state index contributed by atoms with van der Waals surface area (Å²) in [5, 5.41) is 7.04. The first-order valence-corrected chi connectivity index (χ1v) is 5.92. The Morgan fingerprint density at radius 2 is 1.88 bits per heavy atom. The Kier molecular flexibility index (Phi) is 2.45. The van der Waals surface area contributed by atoms with Crippen LogP contribution in [-0.2, 0) is 0 Å². The van der Waals surface area contributed by atoms with E-state index in [9.17, 15) is 4.39 Å².